The second-order valence-electron chi connectivity index (χ2n) is 7.63. The second-order valence-corrected chi connectivity index (χ2v) is 9.68. The van der Waals surface area contributed by atoms with E-state index in [1.807, 2.05) is 17.0 Å². The molecule has 0 unspecified atom stereocenters. The zero-order valence-corrected chi connectivity index (χ0v) is 18.0. The number of nitrogens with zero attached hydrogens (tertiary/aromatic N) is 2. The lowest BCUT2D eigenvalue weighted by molar-refractivity contribution is 0.0683. The molecule has 1 fully saturated rings. The number of piperidine rings is 1. The molecule has 1 atom stereocenters. The van der Waals surface area contributed by atoms with Crippen LogP contribution in [0.25, 0.3) is 0 Å². The van der Waals surface area contributed by atoms with Crippen molar-refractivity contribution in [2.24, 2.45) is 5.92 Å². The van der Waals surface area contributed by atoms with Crippen molar-refractivity contribution in [3.63, 3.8) is 0 Å². The lowest BCUT2D eigenvalue weighted by Crippen LogP contribution is -2.39. The number of methoxy groups -OCH3 is 1. The average molecular weight is 417 g/mol. The Morgan fingerprint density at radius 1 is 1.14 bits per heavy atom. The molecule has 6 nitrogen and oxygen atoms in total. The molecule has 1 heterocycles. The molecule has 0 aromatic heterocycles. The molecule has 0 radical (unpaired) electrons. The standard InChI is InChI=1S/C22H28N2O4S/c1-17-5-4-14-24(15-17)22(25)19-8-6-18(7-9-19)16-23(2)29(26,27)21-12-10-20(28-3)11-13-21/h6-13,17H,4-5,14-16H2,1-3H3/t17-/m0/s1. The normalized spacial score (nSPS) is 17.4. The quantitative estimate of drug-likeness (QED) is 0.724. The van der Waals surface area contributed by atoms with Crippen molar-refractivity contribution >= 4 is 15.9 Å². The number of carbonyl (C=O) groups excluding carboxylic acids is 1. The third kappa shape index (κ3) is 4.97. The molecule has 7 heteroatoms. The second kappa shape index (κ2) is 8.97. The first-order valence-electron chi connectivity index (χ1n) is 9.80. The summed E-state index contributed by atoms with van der Waals surface area (Å²) < 4.78 is 31.9. The van der Waals surface area contributed by atoms with E-state index in [9.17, 15) is 13.2 Å². The van der Waals surface area contributed by atoms with Gasteiger partial charge in [-0.2, -0.15) is 4.31 Å². The molecule has 0 bridgehead atoms. The van der Waals surface area contributed by atoms with E-state index in [0.717, 1.165) is 31.5 Å². The maximum atomic E-state index is 12.8. The van der Waals surface area contributed by atoms with Gasteiger partial charge in [0.25, 0.3) is 5.91 Å². The highest BCUT2D eigenvalue weighted by molar-refractivity contribution is 7.89. The summed E-state index contributed by atoms with van der Waals surface area (Å²) in [6, 6.07) is 13.5. The topological polar surface area (TPSA) is 66.9 Å². The molecule has 3 rings (SSSR count). The Kier molecular flexibility index (Phi) is 6.59. The van der Waals surface area contributed by atoms with Crippen LogP contribution in [-0.4, -0.2) is 50.8 Å². The highest BCUT2D eigenvalue weighted by atomic mass is 32.2. The number of carbonyl (C=O) groups is 1. The van der Waals surface area contributed by atoms with Gasteiger partial charge in [-0.3, -0.25) is 4.79 Å². The number of ether oxygens (including phenoxy) is 1. The van der Waals surface area contributed by atoms with Crippen LogP contribution in [0, 0.1) is 5.92 Å². The minimum atomic E-state index is -3.61. The number of amides is 1. The van der Waals surface area contributed by atoms with Gasteiger partial charge in [0.1, 0.15) is 5.75 Å². The van der Waals surface area contributed by atoms with Crippen LogP contribution < -0.4 is 4.74 Å². The zero-order valence-electron chi connectivity index (χ0n) is 17.2. The lowest BCUT2D eigenvalue weighted by Gasteiger charge is -2.31. The predicted octanol–water partition coefficient (Wildman–Crippen LogP) is 3.39. The molecule has 0 aliphatic carbocycles. The fourth-order valence-corrected chi connectivity index (χ4v) is 4.74. The van der Waals surface area contributed by atoms with E-state index in [0.29, 0.717) is 17.2 Å². The third-order valence-electron chi connectivity index (χ3n) is 5.32. The van der Waals surface area contributed by atoms with Crippen LogP contribution in [0.1, 0.15) is 35.7 Å². The Labute approximate surface area is 173 Å². The first kappa shape index (κ1) is 21.3. The van der Waals surface area contributed by atoms with Gasteiger partial charge in [0.15, 0.2) is 0 Å². The molecule has 1 aliphatic heterocycles. The molecule has 2 aromatic rings. The van der Waals surface area contributed by atoms with E-state index in [1.165, 1.54) is 23.5 Å². The first-order chi connectivity index (χ1) is 13.8. The van der Waals surface area contributed by atoms with Gasteiger partial charge in [-0.25, -0.2) is 8.42 Å². The summed E-state index contributed by atoms with van der Waals surface area (Å²) in [4.78, 5) is 14.8. The van der Waals surface area contributed by atoms with Gasteiger partial charge >= 0.3 is 0 Å². The van der Waals surface area contributed by atoms with Crippen molar-refractivity contribution in [1.82, 2.24) is 9.21 Å². The summed E-state index contributed by atoms with van der Waals surface area (Å²) in [5.41, 5.74) is 1.47. The highest BCUT2D eigenvalue weighted by Crippen LogP contribution is 2.21. The molecule has 29 heavy (non-hydrogen) atoms. The van der Waals surface area contributed by atoms with E-state index >= 15 is 0 Å². The maximum absolute atomic E-state index is 12.8. The van der Waals surface area contributed by atoms with Crippen LogP contribution in [0.3, 0.4) is 0 Å². The third-order valence-corrected chi connectivity index (χ3v) is 7.14. The average Bonchev–Trinajstić information content (AvgIpc) is 2.73. The van der Waals surface area contributed by atoms with E-state index in [-0.39, 0.29) is 17.3 Å². The zero-order chi connectivity index (χ0) is 21.0. The molecule has 0 saturated carbocycles. The maximum Gasteiger partial charge on any atom is 0.253 e. The van der Waals surface area contributed by atoms with Crippen molar-refractivity contribution in [2.75, 3.05) is 27.2 Å². The molecular weight excluding hydrogens is 388 g/mol. The van der Waals surface area contributed by atoms with E-state index in [4.69, 9.17) is 4.74 Å². The number of hydrogen-bond acceptors (Lipinski definition) is 4. The highest BCUT2D eigenvalue weighted by Gasteiger charge is 2.23. The number of benzene rings is 2. The van der Waals surface area contributed by atoms with Gasteiger partial charge in [-0.1, -0.05) is 19.1 Å². The van der Waals surface area contributed by atoms with Crippen LogP contribution in [0.5, 0.6) is 5.75 Å². The minimum absolute atomic E-state index is 0.0438. The van der Waals surface area contributed by atoms with Crippen molar-refractivity contribution in [1.29, 1.82) is 0 Å². The van der Waals surface area contributed by atoms with Crippen LogP contribution in [0.15, 0.2) is 53.4 Å². The van der Waals surface area contributed by atoms with Crippen molar-refractivity contribution in [3.8, 4) is 5.75 Å². The van der Waals surface area contributed by atoms with E-state index in [2.05, 4.69) is 6.92 Å². The van der Waals surface area contributed by atoms with Gasteiger partial charge in [0.05, 0.1) is 12.0 Å². The first-order valence-corrected chi connectivity index (χ1v) is 11.2. The van der Waals surface area contributed by atoms with Gasteiger partial charge in [0.2, 0.25) is 10.0 Å². The van der Waals surface area contributed by atoms with Crippen LogP contribution in [0.2, 0.25) is 0 Å². The SMILES string of the molecule is COc1ccc(S(=O)(=O)N(C)Cc2ccc(C(=O)N3CCC[C@H](C)C3)cc2)cc1. The Hall–Kier alpha value is -2.38. The largest absolute Gasteiger partial charge is 0.497 e. The summed E-state index contributed by atoms with van der Waals surface area (Å²) in [7, 11) is -0.522. The molecule has 1 amide bonds. The van der Waals surface area contributed by atoms with Crippen LogP contribution >= 0.6 is 0 Å². The van der Waals surface area contributed by atoms with Crippen molar-refractivity contribution < 1.29 is 17.9 Å². The van der Waals surface area contributed by atoms with Gasteiger partial charge < -0.3 is 9.64 Å². The minimum Gasteiger partial charge on any atom is -0.497 e. The van der Waals surface area contributed by atoms with Crippen molar-refractivity contribution in [2.45, 2.75) is 31.2 Å². The van der Waals surface area contributed by atoms with Crippen LogP contribution in [0.4, 0.5) is 0 Å². The Morgan fingerprint density at radius 2 is 1.79 bits per heavy atom. The molecule has 0 N–H and O–H groups in total. The fraction of sp³-hybridized carbons (Fsp3) is 0.409. The monoisotopic (exact) mass is 416 g/mol. The van der Waals surface area contributed by atoms with Crippen LogP contribution in [-0.2, 0) is 16.6 Å². The van der Waals surface area contributed by atoms with E-state index < -0.39 is 10.0 Å². The van der Waals surface area contributed by atoms with E-state index in [1.54, 1.807) is 31.3 Å². The number of sulfonamides is 1. The van der Waals surface area contributed by atoms with Gasteiger partial charge in [-0.15, -0.1) is 0 Å². The molecule has 2 aromatic carbocycles. The molecular formula is C22H28N2O4S. The Morgan fingerprint density at radius 3 is 2.38 bits per heavy atom. The van der Waals surface area contributed by atoms with Gasteiger partial charge in [-0.05, 0) is 60.7 Å². The fourth-order valence-electron chi connectivity index (χ4n) is 3.58. The number of hydrogen-bond donors (Lipinski definition) is 0. The van der Waals surface area contributed by atoms with Crippen molar-refractivity contribution in [3.05, 3.63) is 59.7 Å². The summed E-state index contributed by atoms with van der Waals surface area (Å²) in [5, 5.41) is 0. The summed E-state index contributed by atoms with van der Waals surface area (Å²) >= 11 is 0. The smallest absolute Gasteiger partial charge is 0.253 e. The lowest BCUT2D eigenvalue weighted by atomic mass is 9.99. The molecule has 156 valence electrons. The molecule has 1 aliphatic rings. The summed E-state index contributed by atoms with van der Waals surface area (Å²) in [5.74, 6) is 1.18. The molecule has 1 saturated heterocycles. The molecule has 0 spiro atoms. The number of likely N-dealkylation sites (tertiary alicyclic amines) is 1. The van der Waals surface area contributed by atoms with Gasteiger partial charge in [0, 0.05) is 32.2 Å². The summed E-state index contributed by atoms with van der Waals surface area (Å²) in [6.45, 7) is 3.99. The Balaban J connectivity index is 1.67. The number of rotatable bonds is 6. The summed E-state index contributed by atoms with van der Waals surface area (Å²) in [6.07, 6.45) is 2.21. The Bertz CT molecular complexity index is 940. The predicted molar refractivity (Wildman–Crippen MR) is 112 cm³/mol.